The van der Waals surface area contributed by atoms with Crippen molar-refractivity contribution in [3.8, 4) is 0 Å². The Labute approximate surface area is 104 Å². The van der Waals surface area contributed by atoms with Gasteiger partial charge >= 0.3 is 5.97 Å². The Bertz CT molecular complexity index is 225. The lowest BCUT2D eigenvalue weighted by atomic mass is 9.90. The Kier molecular flexibility index (Phi) is 4.84. The first-order valence-electron chi connectivity index (χ1n) is 7.24. The molecule has 3 nitrogen and oxygen atoms in total. The summed E-state index contributed by atoms with van der Waals surface area (Å²) < 4.78 is 0. The van der Waals surface area contributed by atoms with Crippen molar-refractivity contribution in [3.63, 3.8) is 0 Å². The first-order chi connectivity index (χ1) is 8.27. The highest BCUT2D eigenvalue weighted by Gasteiger charge is 2.31. The summed E-state index contributed by atoms with van der Waals surface area (Å²) in [7, 11) is 0. The zero-order valence-corrected chi connectivity index (χ0v) is 11.0. The Morgan fingerprint density at radius 3 is 1.65 bits per heavy atom. The molecule has 0 heterocycles. The molecule has 2 saturated carbocycles. The molecule has 0 aromatic carbocycles. The first-order valence-corrected chi connectivity index (χ1v) is 7.24. The molecule has 0 aromatic heterocycles. The molecule has 0 unspecified atom stereocenters. The van der Waals surface area contributed by atoms with E-state index in [1.54, 1.807) is 0 Å². The van der Waals surface area contributed by atoms with Crippen molar-refractivity contribution < 1.29 is 9.63 Å². The number of nitrogens with zero attached hydrogens (tertiary/aromatic N) is 1. The zero-order chi connectivity index (χ0) is 12.1. The van der Waals surface area contributed by atoms with E-state index in [4.69, 9.17) is 4.84 Å². The molecule has 2 aliphatic rings. The van der Waals surface area contributed by atoms with Crippen molar-refractivity contribution in [3.05, 3.63) is 0 Å². The van der Waals surface area contributed by atoms with E-state index in [1.807, 2.05) is 0 Å². The minimum absolute atomic E-state index is 0.152. The molecule has 3 heteroatoms. The van der Waals surface area contributed by atoms with Crippen molar-refractivity contribution in [1.29, 1.82) is 0 Å². The van der Waals surface area contributed by atoms with Crippen LogP contribution in [0.15, 0.2) is 0 Å². The maximum absolute atomic E-state index is 11.3. The van der Waals surface area contributed by atoms with Crippen molar-refractivity contribution in [2.45, 2.75) is 83.2 Å². The number of hydrogen-bond acceptors (Lipinski definition) is 3. The number of carbonyl (C=O) groups excluding carboxylic acids is 1. The molecule has 2 fully saturated rings. The van der Waals surface area contributed by atoms with Crippen LogP contribution in [0.3, 0.4) is 0 Å². The van der Waals surface area contributed by atoms with Crippen molar-refractivity contribution in [2.24, 2.45) is 0 Å². The molecule has 0 aliphatic heterocycles. The van der Waals surface area contributed by atoms with Crippen molar-refractivity contribution in [2.75, 3.05) is 0 Å². The molecule has 0 aromatic rings. The lowest BCUT2D eigenvalue weighted by molar-refractivity contribution is -0.220. The lowest BCUT2D eigenvalue weighted by Gasteiger charge is -2.39. The third-order valence-electron chi connectivity index (χ3n) is 4.10. The first kappa shape index (κ1) is 12.9. The van der Waals surface area contributed by atoms with Gasteiger partial charge in [-0.1, -0.05) is 38.5 Å². The van der Waals surface area contributed by atoms with Crippen LogP contribution < -0.4 is 0 Å². The quantitative estimate of drug-likeness (QED) is 0.707. The second-order valence-electron chi connectivity index (χ2n) is 5.53. The topological polar surface area (TPSA) is 29.5 Å². The van der Waals surface area contributed by atoms with Crippen LogP contribution in [0, 0.1) is 0 Å². The molecule has 2 aliphatic carbocycles. The van der Waals surface area contributed by atoms with E-state index in [0.717, 1.165) is 0 Å². The number of hydroxylamine groups is 2. The smallest absolute Gasteiger partial charge is 0.322 e. The van der Waals surface area contributed by atoms with Gasteiger partial charge in [0.2, 0.25) is 0 Å². The van der Waals surface area contributed by atoms with Crippen LogP contribution in [-0.2, 0) is 9.63 Å². The van der Waals surface area contributed by atoms with Gasteiger partial charge in [0.15, 0.2) is 0 Å². The standard InChI is InChI=1S/C14H25NO2/c1-12(16)17-15(13-8-4-2-5-9-13)14-10-6-3-7-11-14/h13-14H,2-11H2,1H3. The normalized spacial score (nSPS) is 23.9. The molecule has 0 radical (unpaired) electrons. The predicted molar refractivity (Wildman–Crippen MR) is 67.4 cm³/mol. The summed E-state index contributed by atoms with van der Waals surface area (Å²) in [5.41, 5.74) is 0. The third kappa shape index (κ3) is 3.70. The molecule has 2 rings (SSSR count). The van der Waals surface area contributed by atoms with Crippen LogP contribution in [0.1, 0.15) is 71.1 Å². The summed E-state index contributed by atoms with van der Waals surface area (Å²) in [6.07, 6.45) is 12.6. The van der Waals surface area contributed by atoms with Gasteiger partial charge in [0, 0.05) is 19.0 Å². The Balaban J connectivity index is 1.97. The predicted octanol–water partition coefficient (Wildman–Crippen LogP) is 3.43. The van der Waals surface area contributed by atoms with Gasteiger partial charge in [0.1, 0.15) is 0 Å². The Hall–Kier alpha value is -0.570. The van der Waals surface area contributed by atoms with E-state index in [1.165, 1.54) is 71.1 Å². The molecular weight excluding hydrogens is 214 g/mol. The van der Waals surface area contributed by atoms with Crippen LogP contribution in [0.4, 0.5) is 0 Å². The summed E-state index contributed by atoms with van der Waals surface area (Å²) >= 11 is 0. The third-order valence-corrected chi connectivity index (χ3v) is 4.10. The zero-order valence-electron chi connectivity index (χ0n) is 11.0. The monoisotopic (exact) mass is 239 g/mol. The second kappa shape index (κ2) is 6.39. The lowest BCUT2D eigenvalue weighted by Crippen LogP contribution is -2.45. The minimum atomic E-state index is -0.152. The highest BCUT2D eigenvalue weighted by Crippen LogP contribution is 2.30. The van der Waals surface area contributed by atoms with Crippen LogP contribution in [0.25, 0.3) is 0 Å². The summed E-state index contributed by atoms with van der Waals surface area (Å²) in [5.74, 6) is -0.152. The SMILES string of the molecule is CC(=O)ON(C1CCCCC1)C1CCCCC1. The highest BCUT2D eigenvalue weighted by atomic mass is 16.7. The van der Waals surface area contributed by atoms with E-state index < -0.39 is 0 Å². The van der Waals surface area contributed by atoms with Gasteiger partial charge in [0.05, 0.1) is 0 Å². The molecule has 0 N–H and O–H groups in total. The maximum Gasteiger partial charge on any atom is 0.322 e. The van der Waals surface area contributed by atoms with Crippen LogP contribution >= 0.6 is 0 Å². The molecule has 0 saturated heterocycles. The van der Waals surface area contributed by atoms with Crippen molar-refractivity contribution in [1.82, 2.24) is 5.06 Å². The number of carbonyl (C=O) groups is 1. The summed E-state index contributed by atoms with van der Waals surface area (Å²) in [5, 5.41) is 2.07. The van der Waals surface area contributed by atoms with Gasteiger partial charge in [-0.2, -0.15) is 0 Å². The molecule has 17 heavy (non-hydrogen) atoms. The fourth-order valence-corrected chi connectivity index (χ4v) is 3.27. The summed E-state index contributed by atoms with van der Waals surface area (Å²) in [6.45, 7) is 1.53. The Morgan fingerprint density at radius 2 is 1.29 bits per heavy atom. The Morgan fingerprint density at radius 1 is 0.882 bits per heavy atom. The fraction of sp³-hybridized carbons (Fsp3) is 0.929. The van der Waals surface area contributed by atoms with E-state index in [-0.39, 0.29) is 5.97 Å². The average molecular weight is 239 g/mol. The maximum atomic E-state index is 11.3. The summed E-state index contributed by atoms with van der Waals surface area (Å²) in [6, 6.07) is 0.964. The van der Waals surface area contributed by atoms with Gasteiger partial charge in [-0.05, 0) is 25.7 Å². The van der Waals surface area contributed by atoms with Crippen LogP contribution in [0.2, 0.25) is 0 Å². The average Bonchev–Trinajstić information content (AvgIpc) is 2.38. The molecule has 0 atom stereocenters. The molecule has 0 bridgehead atoms. The van der Waals surface area contributed by atoms with Crippen molar-refractivity contribution >= 4 is 5.97 Å². The van der Waals surface area contributed by atoms with E-state index >= 15 is 0 Å². The molecule has 0 spiro atoms. The number of hydrogen-bond donors (Lipinski definition) is 0. The van der Waals surface area contributed by atoms with E-state index in [9.17, 15) is 4.79 Å². The van der Waals surface area contributed by atoms with Crippen LogP contribution in [0.5, 0.6) is 0 Å². The highest BCUT2D eigenvalue weighted by molar-refractivity contribution is 5.65. The summed E-state index contributed by atoms with van der Waals surface area (Å²) in [4.78, 5) is 16.8. The van der Waals surface area contributed by atoms with Gasteiger partial charge < -0.3 is 4.84 Å². The fourth-order valence-electron chi connectivity index (χ4n) is 3.27. The molecular formula is C14H25NO2. The number of rotatable bonds is 3. The van der Waals surface area contributed by atoms with Crippen LogP contribution in [-0.4, -0.2) is 23.1 Å². The van der Waals surface area contributed by atoms with E-state index in [0.29, 0.717) is 12.1 Å². The van der Waals surface area contributed by atoms with Gasteiger partial charge in [-0.3, -0.25) is 4.79 Å². The second-order valence-corrected chi connectivity index (χ2v) is 5.53. The van der Waals surface area contributed by atoms with Gasteiger partial charge in [-0.25, -0.2) is 0 Å². The van der Waals surface area contributed by atoms with E-state index in [2.05, 4.69) is 5.06 Å². The minimum Gasteiger partial charge on any atom is -0.368 e. The largest absolute Gasteiger partial charge is 0.368 e. The molecule has 98 valence electrons. The molecule has 0 amide bonds. The van der Waals surface area contributed by atoms with Gasteiger partial charge in [0.25, 0.3) is 0 Å². The van der Waals surface area contributed by atoms with Gasteiger partial charge in [-0.15, -0.1) is 5.06 Å².